The van der Waals surface area contributed by atoms with E-state index in [2.05, 4.69) is 14.6 Å². The van der Waals surface area contributed by atoms with Gasteiger partial charge in [0.15, 0.2) is 5.76 Å². The Labute approximate surface area is 133 Å². The summed E-state index contributed by atoms with van der Waals surface area (Å²) in [7, 11) is 0. The summed E-state index contributed by atoms with van der Waals surface area (Å²) in [6.07, 6.45) is -10.9. The summed E-state index contributed by atoms with van der Waals surface area (Å²) in [4.78, 5) is 11.7. The smallest absolute Gasteiger partial charge is 0.439 e. The Morgan fingerprint density at radius 1 is 1.17 bits per heavy atom. The van der Waals surface area contributed by atoms with Crippen molar-refractivity contribution in [3.8, 4) is 0 Å². The molecule has 0 radical (unpaired) electrons. The van der Waals surface area contributed by atoms with Crippen molar-refractivity contribution < 1.29 is 35.6 Å². The zero-order valence-electron chi connectivity index (χ0n) is 11.6. The Balaban J connectivity index is 2.47. The average Bonchev–Trinajstić information content (AvgIpc) is 3.06. The van der Waals surface area contributed by atoms with E-state index in [1.807, 2.05) is 0 Å². The van der Waals surface area contributed by atoms with Gasteiger partial charge in [0.2, 0.25) is 5.13 Å². The number of hydrogen-bond acceptors (Lipinski definition) is 6. The van der Waals surface area contributed by atoms with Crippen LogP contribution in [0.1, 0.15) is 15.6 Å². The molecule has 0 spiro atoms. The Bertz CT molecular complexity index is 695. The minimum Gasteiger partial charge on any atom is -0.459 e. The number of carbonyl (C=O) groups excluding carboxylic acids is 1. The number of carbonyl (C=O) groups is 1. The van der Waals surface area contributed by atoms with E-state index < -0.39 is 34.8 Å². The van der Waals surface area contributed by atoms with Gasteiger partial charge in [-0.2, -0.15) is 26.3 Å². The maximum absolute atomic E-state index is 13.3. The van der Waals surface area contributed by atoms with Gasteiger partial charge in [0, 0.05) is 0 Å². The zero-order valence-corrected chi connectivity index (χ0v) is 12.4. The van der Waals surface area contributed by atoms with Gasteiger partial charge in [-0.3, -0.25) is 4.79 Å². The first-order valence-electron chi connectivity index (χ1n) is 6.04. The fourth-order valence-electron chi connectivity index (χ4n) is 1.62. The van der Waals surface area contributed by atoms with Crippen LogP contribution in [0.2, 0.25) is 0 Å². The van der Waals surface area contributed by atoms with Crippen molar-refractivity contribution in [3.05, 3.63) is 29.2 Å². The number of furan rings is 1. The van der Waals surface area contributed by atoms with E-state index in [-0.39, 0.29) is 5.01 Å². The lowest BCUT2D eigenvalue weighted by molar-refractivity contribution is -0.294. The number of aromatic nitrogens is 2. The molecule has 0 aliphatic rings. The summed E-state index contributed by atoms with van der Waals surface area (Å²) in [6.45, 7) is 1.34. The van der Waals surface area contributed by atoms with Crippen LogP contribution in [0, 0.1) is 6.92 Å². The van der Waals surface area contributed by atoms with E-state index in [0.29, 0.717) is 11.3 Å². The molecule has 13 heteroatoms. The van der Waals surface area contributed by atoms with Crippen molar-refractivity contribution in [3.63, 3.8) is 0 Å². The first-order chi connectivity index (χ1) is 11.0. The number of hydrogen-bond donors (Lipinski definition) is 2. The molecule has 0 bridgehead atoms. The molecule has 2 heterocycles. The molecule has 24 heavy (non-hydrogen) atoms. The molecule has 0 unspecified atom stereocenters. The number of nitrogens with zero attached hydrogens (tertiary/aromatic N) is 2. The van der Waals surface area contributed by atoms with Gasteiger partial charge in [0.25, 0.3) is 5.91 Å². The van der Waals surface area contributed by atoms with E-state index in [9.17, 15) is 31.1 Å². The number of rotatable bonds is 4. The molecule has 0 atom stereocenters. The predicted molar refractivity (Wildman–Crippen MR) is 69.3 cm³/mol. The largest absolute Gasteiger partial charge is 0.459 e. The van der Waals surface area contributed by atoms with Gasteiger partial charge in [-0.1, -0.05) is 11.3 Å². The average molecular weight is 374 g/mol. The van der Waals surface area contributed by atoms with Crippen LogP contribution in [-0.2, 0) is 0 Å². The molecule has 6 nitrogen and oxygen atoms in total. The SMILES string of the molecule is Cc1nnc(NC(NC(=O)c2ccco2)(C(F)(F)F)C(F)(F)F)s1. The number of aryl methyl sites for hydroxylation is 1. The van der Waals surface area contributed by atoms with E-state index in [0.717, 1.165) is 23.7 Å². The third-order valence-corrected chi connectivity index (χ3v) is 3.47. The molecule has 132 valence electrons. The third kappa shape index (κ3) is 3.29. The summed E-state index contributed by atoms with van der Waals surface area (Å²) in [5, 5.41) is 8.01. The lowest BCUT2D eigenvalue weighted by Crippen LogP contribution is -2.72. The van der Waals surface area contributed by atoms with Gasteiger partial charge in [-0.25, -0.2) is 0 Å². The predicted octanol–water partition coefficient (Wildman–Crippen LogP) is 3.10. The first-order valence-corrected chi connectivity index (χ1v) is 6.86. The van der Waals surface area contributed by atoms with Crippen LogP contribution in [0.3, 0.4) is 0 Å². The molecule has 1 amide bonds. The highest BCUT2D eigenvalue weighted by Crippen LogP contribution is 2.44. The van der Waals surface area contributed by atoms with Crippen LogP contribution in [-0.4, -0.2) is 34.1 Å². The Morgan fingerprint density at radius 2 is 1.79 bits per heavy atom. The quantitative estimate of drug-likeness (QED) is 0.635. The van der Waals surface area contributed by atoms with Crippen molar-refractivity contribution in [2.75, 3.05) is 5.32 Å². The molecule has 0 aliphatic heterocycles. The first kappa shape index (κ1) is 18.0. The van der Waals surface area contributed by atoms with Gasteiger partial charge in [-0.05, 0) is 19.1 Å². The highest BCUT2D eigenvalue weighted by molar-refractivity contribution is 7.15. The number of nitrogens with one attached hydrogen (secondary N) is 2. The van der Waals surface area contributed by atoms with Crippen molar-refractivity contribution >= 4 is 22.4 Å². The summed E-state index contributed by atoms with van der Waals surface area (Å²) in [6, 6.07) is 2.06. The highest BCUT2D eigenvalue weighted by atomic mass is 32.1. The van der Waals surface area contributed by atoms with Crippen LogP contribution in [0.4, 0.5) is 31.5 Å². The van der Waals surface area contributed by atoms with Gasteiger partial charge < -0.3 is 15.1 Å². The minimum absolute atomic E-state index is 0.133. The molecule has 0 saturated heterocycles. The molecular weight excluding hydrogens is 366 g/mol. The van der Waals surface area contributed by atoms with Crippen LogP contribution in [0.15, 0.2) is 22.8 Å². The number of alkyl halides is 6. The maximum atomic E-state index is 13.3. The number of halogens is 6. The fraction of sp³-hybridized carbons (Fsp3) is 0.364. The Hall–Kier alpha value is -2.31. The van der Waals surface area contributed by atoms with E-state index in [1.54, 1.807) is 0 Å². The highest BCUT2D eigenvalue weighted by Gasteiger charge is 2.73. The molecule has 2 aromatic heterocycles. The molecule has 0 fully saturated rings. The fourth-order valence-corrected chi connectivity index (χ4v) is 2.27. The minimum atomic E-state index is -5.94. The van der Waals surface area contributed by atoms with Gasteiger partial charge >= 0.3 is 18.0 Å². The molecule has 0 aliphatic carbocycles. The summed E-state index contributed by atoms with van der Waals surface area (Å²) in [5.74, 6) is -2.42. The van der Waals surface area contributed by atoms with Gasteiger partial charge in [-0.15, -0.1) is 10.2 Å². The van der Waals surface area contributed by atoms with Gasteiger partial charge in [0.1, 0.15) is 5.01 Å². The second-order valence-corrected chi connectivity index (χ2v) is 5.61. The van der Waals surface area contributed by atoms with Crippen molar-refractivity contribution in [1.82, 2.24) is 15.5 Å². The topological polar surface area (TPSA) is 80.0 Å². The van der Waals surface area contributed by atoms with Crippen LogP contribution in [0.5, 0.6) is 0 Å². The normalized spacial score (nSPS) is 13.0. The number of amides is 1. The van der Waals surface area contributed by atoms with Gasteiger partial charge in [0.05, 0.1) is 6.26 Å². The second kappa shape index (κ2) is 5.96. The lowest BCUT2D eigenvalue weighted by Gasteiger charge is -2.37. The summed E-state index contributed by atoms with van der Waals surface area (Å²) >= 11 is 0.463. The zero-order chi connectivity index (χ0) is 18.2. The maximum Gasteiger partial charge on any atom is 0.439 e. The molecule has 2 N–H and O–H groups in total. The van der Waals surface area contributed by atoms with E-state index >= 15 is 0 Å². The monoisotopic (exact) mass is 374 g/mol. The Kier molecular flexibility index (Phi) is 4.48. The summed E-state index contributed by atoms with van der Waals surface area (Å²) < 4.78 is 84.3. The molecule has 2 rings (SSSR count). The lowest BCUT2D eigenvalue weighted by atomic mass is 10.1. The van der Waals surface area contributed by atoms with E-state index in [4.69, 9.17) is 0 Å². The molecule has 2 aromatic rings. The third-order valence-electron chi connectivity index (χ3n) is 2.72. The molecular formula is C11H8F6N4O2S. The van der Waals surface area contributed by atoms with Crippen LogP contribution in [0.25, 0.3) is 0 Å². The van der Waals surface area contributed by atoms with Crippen LogP contribution >= 0.6 is 11.3 Å². The standard InChI is InChI=1S/C11H8F6N4O2S/c1-5-20-21-8(24-5)19-9(10(12,13)14,11(15,16)17)18-7(22)6-3-2-4-23-6/h2-4H,1H3,(H,18,22)(H,19,21). The Morgan fingerprint density at radius 3 is 2.21 bits per heavy atom. The number of anilines is 1. The van der Waals surface area contributed by atoms with Crippen molar-refractivity contribution in [2.24, 2.45) is 0 Å². The van der Waals surface area contributed by atoms with Crippen molar-refractivity contribution in [1.29, 1.82) is 0 Å². The summed E-state index contributed by atoms with van der Waals surface area (Å²) in [5.41, 5.74) is -4.77. The van der Waals surface area contributed by atoms with Crippen LogP contribution < -0.4 is 10.6 Å². The molecule has 0 saturated carbocycles. The molecule has 0 aromatic carbocycles. The second-order valence-electron chi connectivity index (χ2n) is 4.43. The van der Waals surface area contributed by atoms with Crippen molar-refractivity contribution in [2.45, 2.75) is 24.9 Å². The van der Waals surface area contributed by atoms with E-state index in [1.165, 1.54) is 12.2 Å².